The summed E-state index contributed by atoms with van der Waals surface area (Å²) in [6.45, 7) is 1.61. The lowest BCUT2D eigenvalue weighted by molar-refractivity contribution is -0.140. The third kappa shape index (κ3) is 5.77. The van der Waals surface area contributed by atoms with Crippen LogP contribution in [-0.4, -0.2) is 40.0 Å². The van der Waals surface area contributed by atoms with Crippen molar-refractivity contribution in [2.24, 2.45) is 11.7 Å². The minimum Gasteiger partial charge on any atom is -0.481 e. The number of hydrogen-bond acceptors (Lipinski definition) is 4. The molecule has 2 atom stereocenters. The number of carbonyl (C=O) groups is 4. The van der Waals surface area contributed by atoms with Crippen LogP contribution in [0.3, 0.4) is 0 Å². The van der Waals surface area contributed by atoms with E-state index in [4.69, 9.17) is 15.9 Å². The second-order valence-corrected chi connectivity index (χ2v) is 5.17. The molecule has 0 aromatic heterocycles. The smallest absolute Gasteiger partial charge is 0.335 e. The van der Waals surface area contributed by atoms with Crippen molar-refractivity contribution >= 4 is 23.8 Å². The lowest BCUT2D eigenvalue weighted by atomic mass is 9.99. The number of nitrogens with one attached hydrogen (secondary N) is 1. The molecule has 0 aliphatic carbocycles. The highest BCUT2D eigenvalue weighted by Gasteiger charge is 2.24. The zero-order valence-corrected chi connectivity index (χ0v) is 12.5. The number of aliphatic carboxylic acids is 1. The topological polar surface area (TPSA) is 147 Å². The molecule has 23 heavy (non-hydrogen) atoms. The predicted molar refractivity (Wildman–Crippen MR) is 79.6 cm³/mol. The average Bonchev–Trinajstić information content (AvgIpc) is 2.46. The zero-order valence-electron chi connectivity index (χ0n) is 12.5. The number of rotatable bonds is 8. The minimum atomic E-state index is -1.27. The van der Waals surface area contributed by atoms with Crippen LogP contribution in [0.2, 0.25) is 0 Å². The predicted octanol–water partition coefficient (Wildman–Crippen LogP) is 0.00820. The molecule has 0 heterocycles. The Morgan fingerprint density at radius 2 is 1.70 bits per heavy atom. The van der Waals surface area contributed by atoms with Crippen molar-refractivity contribution in [2.45, 2.75) is 25.8 Å². The molecule has 124 valence electrons. The number of nitrogens with two attached hydrogens (primary N) is 1. The molecule has 0 fully saturated rings. The molecule has 5 N–H and O–H groups in total. The van der Waals surface area contributed by atoms with E-state index in [2.05, 4.69) is 5.32 Å². The number of amides is 2. The van der Waals surface area contributed by atoms with Crippen LogP contribution >= 0.6 is 0 Å². The van der Waals surface area contributed by atoms with E-state index in [9.17, 15) is 19.2 Å². The van der Waals surface area contributed by atoms with Gasteiger partial charge >= 0.3 is 11.9 Å². The first-order chi connectivity index (χ1) is 10.7. The van der Waals surface area contributed by atoms with E-state index in [1.807, 2.05) is 0 Å². The van der Waals surface area contributed by atoms with Gasteiger partial charge in [-0.3, -0.25) is 14.4 Å². The molecular formula is C15H18N2O6. The van der Waals surface area contributed by atoms with Crippen molar-refractivity contribution in [1.29, 1.82) is 0 Å². The van der Waals surface area contributed by atoms with Crippen LogP contribution in [0.25, 0.3) is 0 Å². The quantitative estimate of drug-likeness (QED) is 0.530. The summed E-state index contributed by atoms with van der Waals surface area (Å²) >= 11 is 0. The van der Waals surface area contributed by atoms with Gasteiger partial charge in [-0.05, 0) is 24.1 Å². The van der Waals surface area contributed by atoms with Crippen molar-refractivity contribution in [3.05, 3.63) is 35.4 Å². The van der Waals surface area contributed by atoms with E-state index in [0.29, 0.717) is 6.42 Å². The van der Waals surface area contributed by atoms with Crippen LogP contribution in [0, 0.1) is 5.92 Å². The third-order valence-electron chi connectivity index (χ3n) is 3.23. The molecule has 0 aliphatic rings. The fourth-order valence-electron chi connectivity index (χ4n) is 1.94. The molecule has 0 saturated heterocycles. The van der Waals surface area contributed by atoms with Crippen LogP contribution in [-0.2, 0) is 20.8 Å². The van der Waals surface area contributed by atoms with Gasteiger partial charge in [0.05, 0.1) is 12.0 Å². The Morgan fingerprint density at radius 3 is 2.13 bits per heavy atom. The molecule has 8 nitrogen and oxygen atoms in total. The van der Waals surface area contributed by atoms with Crippen molar-refractivity contribution in [1.82, 2.24) is 5.32 Å². The van der Waals surface area contributed by atoms with Crippen molar-refractivity contribution in [3.8, 4) is 0 Å². The normalized spacial score (nSPS) is 12.9. The molecule has 1 aromatic carbocycles. The van der Waals surface area contributed by atoms with Gasteiger partial charge in [0.15, 0.2) is 0 Å². The maximum Gasteiger partial charge on any atom is 0.335 e. The van der Waals surface area contributed by atoms with Crippen LogP contribution in [0.4, 0.5) is 0 Å². The van der Waals surface area contributed by atoms with Gasteiger partial charge in [0.2, 0.25) is 11.8 Å². The maximum atomic E-state index is 12.0. The highest BCUT2D eigenvalue weighted by Crippen LogP contribution is 2.11. The van der Waals surface area contributed by atoms with Gasteiger partial charge in [-0.1, -0.05) is 19.1 Å². The second kappa shape index (κ2) is 7.92. The van der Waals surface area contributed by atoms with Crippen LogP contribution in [0.15, 0.2) is 24.3 Å². The lowest BCUT2D eigenvalue weighted by Crippen LogP contribution is -2.47. The third-order valence-corrected chi connectivity index (χ3v) is 3.23. The number of benzene rings is 1. The maximum absolute atomic E-state index is 12.0. The number of carboxylic acid groups (broad SMARTS) is 2. The van der Waals surface area contributed by atoms with Gasteiger partial charge in [-0.15, -0.1) is 0 Å². The van der Waals surface area contributed by atoms with Gasteiger partial charge in [-0.2, -0.15) is 0 Å². The molecule has 0 radical (unpaired) electrons. The fraction of sp³-hybridized carbons (Fsp3) is 0.333. The summed E-state index contributed by atoms with van der Waals surface area (Å²) in [7, 11) is 0. The highest BCUT2D eigenvalue weighted by atomic mass is 16.4. The van der Waals surface area contributed by atoms with Crippen molar-refractivity contribution in [3.63, 3.8) is 0 Å². The van der Waals surface area contributed by atoms with Crippen LogP contribution < -0.4 is 11.1 Å². The SMILES string of the molecule is C[C@@H](Cc1ccc(C(=O)O)cc1)C(=O)NC(CC(=O)O)C(N)=O. The van der Waals surface area contributed by atoms with Crippen LogP contribution in [0.5, 0.6) is 0 Å². The Labute approximate surface area is 132 Å². The zero-order chi connectivity index (χ0) is 17.6. The first-order valence-electron chi connectivity index (χ1n) is 6.84. The Kier molecular flexibility index (Phi) is 6.25. The number of primary amides is 1. The number of carbonyl (C=O) groups excluding carboxylic acids is 2. The molecule has 1 rings (SSSR count). The first-order valence-corrected chi connectivity index (χ1v) is 6.84. The summed E-state index contributed by atoms with van der Waals surface area (Å²) in [5.74, 6) is -4.25. The van der Waals surface area contributed by atoms with E-state index in [-0.39, 0.29) is 5.56 Å². The van der Waals surface area contributed by atoms with E-state index < -0.39 is 42.1 Å². The molecule has 8 heteroatoms. The van der Waals surface area contributed by atoms with E-state index in [1.165, 1.54) is 12.1 Å². The molecule has 1 unspecified atom stereocenters. The monoisotopic (exact) mass is 322 g/mol. The lowest BCUT2D eigenvalue weighted by Gasteiger charge is -2.17. The molecule has 0 spiro atoms. The first kappa shape index (κ1) is 18.1. The van der Waals surface area contributed by atoms with E-state index in [0.717, 1.165) is 5.56 Å². The Morgan fingerprint density at radius 1 is 1.13 bits per heavy atom. The fourth-order valence-corrected chi connectivity index (χ4v) is 1.94. The van der Waals surface area contributed by atoms with Gasteiger partial charge in [0.25, 0.3) is 0 Å². The number of aromatic carboxylic acids is 1. The molecule has 0 bridgehead atoms. The number of hydrogen-bond donors (Lipinski definition) is 4. The molecule has 2 amide bonds. The average molecular weight is 322 g/mol. The van der Waals surface area contributed by atoms with Gasteiger partial charge < -0.3 is 21.3 Å². The van der Waals surface area contributed by atoms with Crippen LogP contribution in [0.1, 0.15) is 29.3 Å². The second-order valence-electron chi connectivity index (χ2n) is 5.17. The molecule has 0 aliphatic heterocycles. The molecule has 0 saturated carbocycles. The van der Waals surface area contributed by atoms with E-state index >= 15 is 0 Å². The standard InChI is InChI=1S/C15H18N2O6/c1-8(6-9-2-4-10(5-3-9)15(22)23)14(21)17-11(13(16)20)7-12(18)19/h2-5,8,11H,6-7H2,1H3,(H2,16,20)(H,17,21)(H,18,19)(H,22,23)/t8-,11?/m0/s1. The summed E-state index contributed by atoms with van der Waals surface area (Å²) in [5, 5.41) is 19.8. The largest absolute Gasteiger partial charge is 0.481 e. The summed E-state index contributed by atoms with van der Waals surface area (Å²) < 4.78 is 0. The molecular weight excluding hydrogens is 304 g/mol. The Hall–Kier alpha value is -2.90. The van der Waals surface area contributed by atoms with Crippen molar-refractivity contribution < 1.29 is 29.4 Å². The van der Waals surface area contributed by atoms with Gasteiger partial charge in [0, 0.05) is 5.92 Å². The summed E-state index contributed by atoms with van der Waals surface area (Å²) in [6.07, 6.45) is -0.272. The summed E-state index contributed by atoms with van der Waals surface area (Å²) in [6, 6.07) is 4.78. The number of carboxylic acids is 2. The van der Waals surface area contributed by atoms with Crippen molar-refractivity contribution in [2.75, 3.05) is 0 Å². The van der Waals surface area contributed by atoms with Gasteiger partial charge in [-0.25, -0.2) is 4.79 Å². The van der Waals surface area contributed by atoms with E-state index in [1.54, 1.807) is 19.1 Å². The highest BCUT2D eigenvalue weighted by molar-refractivity contribution is 5.90. The minimum absolute atomic E-state index is 0.140. The molecule has 1 aromatic rings. The summed E-state index contributed by atoms with van der Waals surface area (Å²) in [5.41, 5.74) is 5.94. The Balaban J connectivity index is 2.67. The summed E-state index contributed by atoms with van der Waals surface area (Å²) in [4.78, 5) is 44.6. The van der Waals surface area contributed by atoms with Gasteiger partial charge in [0.1, 0.15) is 6.04 Å². The Bertz CT molecular complexity index is 611.